The van der Waals surface area contributed by atoms with Gasteiger partial charge in [-0.15, -0.1) is 0 Å². The molecule has 1 fully saturated rings. The van der Waals surface area contributed by atoms with Crippen LogP contribution in [0.25, 0.3) is 10.9 Å². The summed E-state index contributed by atoms with van der Waals surface area (Å²) in [5.41, 5.74) is 9.45. The Morgan fingerprint density at radius 3 is 2.50 bits per heavy atom. The van der Waals surface area contributed by atoms with Gasteiger partial charge in [0, 0.05) is 31.6 Å². The maximum atomic E-state index is 12.8. The van der Waals surface area contributed by atoms with Crippen molar-refractivity contribution in [3.8, 4) is 0 Å². The summed E-state index contributed by atoms with van der Waals surface area (Å²) in [6.45, 7) is 4.83. The lowest BCUT2D eigenvalue weighted by Crippen LogP contribution is -2.53. The van der Waals surface area contributed by atoms with E-state index >= 15 is 0 Å². The Balaban J connectivity index is 1.39. The van der Waals surface area contributed by atoms with Crippen LogP contribution >= 0.6 is 0 Å². The second kappa shape index (κ2) is 7.94. The van der Waals surface area contributed by atoms with Crippen LogP contribution in [0.5, 0.6) is 0 Å². The number of aromatic nitrogens is 2. The predicted molar refractivity (Wildman–Crippen MR) is 111 cm³/mol. The predicted octanol–water partition coefficient (Wildman–Crippen LogP) is 2.16. The molecule has 0 saturated carbocycles. The molecule has 2 aromatic carbocycles. The summed E-state index contributed by atoms with van der Waals surface area (Å²) < 4.78 is 0. The van der Waals surface area contributed by atoms with E-state index in [1.807, 2.05) is 41.3 Å². The molecule has 1 atom stereocenters. The largest absolute Gasteiger partial charge is 0.352 e. The minimum atomic E-state index is -0.505. The normalized spacial score (nSPS) is 15.6. The fraction of sp³-hybridized carbons (Fsp3) is 0.318. The molecule has 1 saturated heterocycles. The topological polar surface area (TPSA) is 75.4 Å². The number of para-hydroxylation sites is 1. The van der Waals surface area contributed by atoms with Crippen LogP contribution in [0.3, 0.4) is 0 Å². The van der Waals surface area contributed by atoms with E-state index in [4.69, 9.17) is 5.73 Å². The lowest BCUT2D eigenvalue weighted by Gasteiger charge is -2.36. The number of hydrogen-bond donors (Lipinski definition) is 1. The third-order valence-corrected chi connectivity index (χ3v) is 5.31. The number of nitrogens with zero attached hydrogens (tertiary/aromatic N) is 4. The Morgan fingerprint density at radius 1 is 1.04 bits per heavy atom. The number of anilines is 1. The van der Waals surface area contributed by atoms with Crippen molar-refractivity contribution in [2.75, 3.05) is 31.1 Å². The van der Waals surface area contributed by atoms with E-state index in [0.29, 0.717) is 19.5 Å². The quantitative estimate of drug-likeness (QED) is 0.756. The van der Waals surface area contributed by atoms with Gasteiger partial charge in [0.2, 0.25) is 5.91 Å². The molecule has 0 spiro atoms. The molecule has 1 aliphatic rings. The highest BCUT2D eigenvalue weighted by atomic mass is 16.2. The summed E-state index contributed by atoms with van der Waals surface area (Å²) in [7, 11) is 0. The lowest BCUT2D eigenvalue weighted by atomic mass is 10.0. The molecular weight excluding hydrogens is 350 g/mol. The van der Waals surface area contributed by atoms with Gasteiger partial charge in [-0.2, -0.15) is 0 Å². The molecule has 0 bridgehead atoms. The first-order chi connectivity index (χ1) is 13.6. The third-order valence-electron chi connectivity index (χ3n) is 5.31. The van der Waals surface area contributed by atoms with Crippen molar-refractivity contribution in [3.05, 3.63) is 66.0 Å². The Hall–Kier alpha value is -2.99. The lowest BCUT2D eigenvalue weighted by molar-refractivity contribution is -0.132. The van der Waals surface area contributed by atoms with E-state index in [0.717, 1.165) is 35.4 Å². The fourth-order valence-corrected chi connectivity index (χ4v) is 3.68. The van der Waals surface area contributed by atoms with Crippen molar-refractivity contribution in [1.29, 1.82) is 0 Å². The number of rotatable bonds is 4. The molecule has 144 valence electrons. The molecule has 1 amide bonds. The zero-order valence-electron chi connectivity index (χ0n) is 16.1. The smallest absolute Gasteiger partial charge is 0.239 e. The van der Waals surface area contributed by atoms with E-state index in [9.17, 15) is 4.79 Å². The molecule has 3 aromatic rings. The van der Waals surface area contributed by atoms with Crippen molar-refractivity contribution < 1.29 is 4.79 Å². The molecule has 6 nitrogen and oxygen atoms in total. The Kier molecular flexibility index (Phi) is 5.21. The summed E-state index contributed by atoms with van der Waals surface area (Å²) in [5, 5.41) is 1.04. The van der Waals surface area contributed by atoms with Gasteiger partial charge in [0.15, 0.2) is 0 Å². The summed E-state index contributed by atoms with van der Waals surface area (Å²) in [6.07, 6.45) is 2.17. The maximum Gasteiger partial charge on any atom is 0.239 e. The van der Waals surface area contributed by atoms with Gasteiger partial charge in [0.25, 0.3) is 0 Å². The van der Waals surface area contributed by atoms with Gasteiger partial charge in [-0.3, -0.25) is 4.79 Å². The Bertz CT molecular complexity index is 959. The van der Waals surface area contributed by atoms with Crippen molar-refractivity contribution in [3.63, 3.8) is 0 Å². The number of piperazine rings is 1. The van der Waals surface area contributed by atoms with Crippen LogP contribution in [-0.2, 0) is 11.2 Å². The highest BCUT2D eigenvalue weighted by Gasteiger charge is 2.26. The number of nitrogens with two attached hydrogens (primary N) is 1. The molecule has 2 N–H and O–H groups in total. The van der Waals surface area contributed by atoms with E-state index in [1.54, 1.807) is 6.33 Å². The molecule has 1 aliphatic heterocycles. The van der Waals surface area contributed by atoms with Crippen molar-refractivity contribution in [2.45, 2.75) is 19.4 Å². The minimum Gasteiger partial charge on any atom is -0.352 e. The second-order valence-electron chi connectivity index (χ2n) is 7.32. The third kappa shape index (κ3) is 3.82. The molecule has 2 heterocycles. The van der Waals surface area contributed by atoms with Crippen molar-refractivity contribution >= 4 is 22.6 Å². The highest BCUT2D eigenvalue weighted by Crippen LogP contribution is 2.23. The van der Waals surface area contributed by atoms with E-state index in [2.05, 4.69) is 33.9 Å². The maximum absolute atomic E-state index is 12.8. The molecule has 6 heteroatoms. The Morgan fingerprint density at radius 2 is 1.75 bits per heavy atom. The van der Waals surface area contributed by atoms with Gasteiger partial charge < -0.3 is 15.5 Å². The number of carbonyl (C=O) groups is 1. The van der Waals surface area contributed by atoms with E-state index < -0.39 is 6.04 Å². The van der Waals surface area contributed by atoms with E-state index in [-0.39, 0.29) is 5.91 Å². The highest BCUT2D eigenvalue weighted by molar-refractivity contribution is 5.89. The first kappa shape index (κ1) is 18.4. The molecule has 0 radical (unpaired) electrons. The molecule has 4 rings (SSSR count). The molecule has 0 unspecified atom stereocenters. The molecule has 28 heavy (non-hydrogen) atoms. The van der Waals surface area contributed by atoms with Crippen molar-refractivity contribution in [1.82, 2.24) is 14.9 Å². The molecular formula is C22H25N5O. The average molecular weight is 375 g/mol. The number of amides is 1. The zero-order valence-corrected chi connectivity index (χ0v) is 16.1. The van der Waals surface area contributed by atoms with Gasteiger partial charge in [0.05, 0.1) is 11.6 Å². The van der Waals surface area contributed by atoms with Crippen LogP contribution in [0.4, 0.5) is 5.82 Å². The number of hydrogen-bond acceptors (Lipinski definition) is 5. The van der Waals surface area contributed by atoms with Crippen LogP contribution in [0, 0.1) is 6.92 Å². The SMILES string of the molecule is Cc1ccc(C[C@@H](N)C(=O)N2CCN(c3ncnc4ccccc34)CC2)cc1. The number of fused-ring (bicyclic) bond motifs is 1. The fourth-order valence-electron chi connectivity index (χ4n) is 3.68. The summed E-state index contributed by atoms with van der Waals surface area (Å²) in [4.78, 5) is 25.7. The molecule has 1 aromatic heterocycles. The monoisotopic (exact) mass is 375 g/mol. The zero-order chi connectivity index (χ0) is 19.5. The molecule has 0 aliphatic carbocycles. The summed E-state index contributed by atoms with van der Waals surface area (Å²) in [6, 6.07) is 15.7. The number of benzene rings is 2. The summed E-state index contributed by atoms with van der Waals surface area (Å²) >= 11 is 0. The standard InChI is InChI=1S/C22H25N5O/c1-16-6-8-17(9-7-16)14-19(23)22(28)27-12-10-26(11-13-27)21-18-4-2-3-5-20(18)24-15-25-21/h2-9,15,19H,10-14,23H2,1H3/t19-/m1/s1. The van der Waals surface area contributed by atoms with Gasteiger partial charge in [-0.25, -0.2) is 9.97 Å². The Labute approximate surface area is 165 Å². The first-order valence-corrected chi connectivity index (χ1v) is 9.66. The van der Waals surface area contributed by atoms with Gasteiger partial charge in [-0.05, 0) is 31.0 Å². The van der Waals surface area contributed by atoms with Crippen molar-refractivity contribution in [2.24, 2.45) is 5.73 Å². The van der Waals surface area contributed by atoms with Gasteiger partial charge in [0.1, 0.15) is 12.1 Å². The van der Waals surface area contributed by atoms with Crippen LogP contribution < -0.4 is 10.6 Å². The van der Waals surface area contributed by atoms with Crippen LogP contribution in [0.1, 0.15) is 11.1 Å². The minimum absolute atomic E-state index is 0.0211. The second-order valence-corrected chi connectivity index (χ2v) is 7.32. The van der Waals surface area contributed by atoms with E-state index in [1.165, 1.54) is 5.56 Å². The van der Waals surface area contributed by atoms with Crippen LogP contribution in [0.15, 0.2) is 54.9 Å². The first-order valence-electron chi connectivity index (χ1n) is 9.66. The number of aryl methyl sites for hydroxylation is 1. The van der Waals surface area contributed by atoms with Gasteiger partial charge in [-0.1, -0.05) is 42.0 Å². The van der Waals surface area contributed by atoms with Crippen LogP contribution in [0.2, 0.25) is 0 Å². The number of carbonyl (C=O) groups excluding carboxylic acids is 1. The average Bonchev–Trinajstić information content (AvgIpc) is 2.74. The summed E-state index contributed by atoms with van der Waals surface area (Å²) in [5.74, 6) is 0.953. The van der Waals surface area contributed by atoms with Gasteiger partial charge >= 0.3 is 0 Å². The van der Waals surface area contributed by atoms with Crippen LogP contribution in [-0.4, -0.2) is 53.0 Å².